The minimum Gasteiger partial charge on any atom is -0.467 e. The average Bonchev–Trinajstić information content (AvgIpc) is 2.97. The van der Waals surface area contributed by atoms with Gasteiger partial charge >= 0.3 is 18.1 Å². The summed E-state index contributed by atoms with van der Waals surface area (Å²) in [5.41, 5.74) is 0.145. The van der Waals surface area contributed by atoms with Crippen molar-refractivity contribution in [1.29, 1.82) is 0 Å². The number of esters is 1. The number of hydrogen-bond donors (Lipinski definition) is 4. The van der Waals surface area contributed by atoms with E-state index < -0.39 is 66.3 Å². The predicted molar refractivity (Wildman–Crippen MR) is 164 cm³/mol. The summed E-state index contributed by atoms with van der Waals surface area (Å²) in [6.07, 6.45) is -2.05. The Balaban J connectivity index is 2.33. The number of aliphatic hydroxyl groups is 1. The van der Waals surface area contributed by atoms with Gasteiger partial charge < -0.3 is 30.5 Å². The van der Waals surface area contributed by atoms with Gasteiger partial charge in [0.05, 0.1) is 25.8 Å². The fourth-order valence-corrected chi connectivity index (χ4v) is 4.15. The van der Waals surface area contributed by atoms with Gasteiger partial charge in [0.2, 0.25) is 5.91 Å². The molecule has 4 N–H and O–H groups in total. The van der Waals surface area contributed by atoms with E-state index in [1.807, 2.05) is 18.2 Å². The number of urea groups is 1. The Bertz CT molecular complexity index is 1260. The Hall–Kier alpha value is -4.45. The van der Waals surface area contributed by atoms with Crippen molar-refractivity contribution >= 4 is 29.9 Å². The lowest BCUT2D eigenvalue weighted by Gasteiger charge is -2.31. The Kier molecular flexibility index (Phi) is 13.3. The Labute approximate surface area is 258 Å². The number of nitrogens with one attached hydrogen (secondary N) is 3. The molecule has 5 amide bonds. The fraction of sp³-hybridized carbons (Fsp3) is 0.469. The van der Waals surface area contributed by atoms with Crippen LogP contribution in [0.2, 0.25) is 0 Å². The van der Waals surface area contributed by atoms with Crippen LogP contribution in [0.1, 0.15) is 57.5 Å². The van der Waals surface area contributed by atoms with Crippen molar-refractivity contribution in [1.82, 2.24) is 20.9 Å². The Morgan fingerprint density at radius 1 is 0.864 bits per heavy atom. The van der Waals surface area contributed by atoms with Gasteiger partial charge in [-0.05, 0) is 57.7 Å². The molecule has 0 aliphatic rings. The fourth-order valence-electron chi connectivity index (χ4n) is 4.15. The van der Waals surface area contributed by atoms with Crippen LogP contribution in [-0.4, -0.2) is 83.4 Å². The van der Waals surface area contributed by atoms with Gasteiger partial charge in [-0.2, -0.15) is 0 Å². The molecule has 0 bridgehead atoms. The van der Waals surface area contributed by atoms with Crippen molar-refractivity contribution in [2.24, 2.45) is 5.92 Å². The van der Waals surface area contributed by atoms with Crippen LogP contribution < -0.4 is 16.0 Å². The second-order valence-electron chi connectivity index (χ2n) is 11.7. The van der Waals surface area contributed by atoms with Gasteiger partial charge in [0, 0.05) is 5.56 Å². The normalized spacial score (nSPS) is 13.9. The lowest BCUT2D eigenvalue weighted by atomic mass is 10.0. The van der Waals surface area contributed by atoms with E-state index in [1.165, 1.54) is 26.2 Å². The molecular weight excluding hydrogens is 568 g/mol. The largest absolute Gasteiger partial charge is 0.467 e. The Morgan fingerprint density at radius 3 is 1.95 bits per heavy atom. The molecule has 0 saturated carbocycles. The van der Waals surface area contributed by atoms with E-state index in [2.05, 4.69) is 16.0 Å². The molecule has 0 fully saturated rings. The van der Waals surface area contributed by atoms with E-state index in [-0.39, 0.29) is 17.9 Å². The van der Waals surface area contributed by atoms with Gasteiger partial charge in [-0.25, -0.2) is 14.4 Å². The third-order valence-electron chi connectivity index (χ3n) is 6.50. The van der Waals surface area contributed by atoms with Crippen molar-refractivity contribution in [2.45, 2.75) is 77.8 Å². The van der Waals surface area contributed by atoms with Crippen molar-refractivity contribution < 1.29 is 38.6 Å². The van der Waals surface area contributed by atoms with E-state index in [4.69, 9.17) is 9.47 Å². The molecular formula is C32H44N4O8. The summed E-state index contributed by atoms with van der Waals surface area (Å²) in [7, 11) is 1.20. The molecule has 0 aliphatic heterocycles. The van der Waals surface area contributed by atoms with Crippen molar-refractivity contribution in [3.8, 4) is 0 Å². The van der Waals surface area contributed by atoms with Crippen LogP contribution in [0.15, 0.2) is 60.7 Å². The summed E-state index contributed by atoms with van der Waals surface area (Å²) in [6.45, 7) is 9.42. The maximum atomic E-state index is 13.5. The molecule has 0 heterocycles. The maximum absolute atomic E-state index is 13.5. The number of methoxy groups -OCH3 is 1. The molecule has 0 radical (unpaired) electrons. The molecule has 0 unspecified atom stereocenters. The number of imide groups is 1. The van der Waals surface area contributed by atoms with E-state index >= 15 is 0 Å². The first-order valence-corrected chi connectivity index (χ1v) is 14.4. The van der Waals surface area contributed by atoms with Crippen LogP contribution in [0.25, 0.3) is 0 Å². The van der Waals surface area contributed by atoms with Crippen LogP contribution in [-0.2, 0) is 25.5 Å². The highest BCUT2D eigenvalue weighted by Crippen LogP contribution is 2.14. The molecule has 0 aromatic heterocycles. The second-order valence-corrected chi connectivity index (χ2v) is 11.7. The van der Waals surface area contributed by atoms with Gasteiger partial charge in [-0.15, -0.1) is 0 Å². The van der Waals surface area contributed by atoms with E-state index in [9.17, 15) is 29.1 Å². The molecule has 44 heavy (non-hydrogen) atoms. The highest BCUT2D eigenvalue weighted by atomic mass is 16.6. The zero-order valence-corrected chi connectivity index (χ0v) is 26.3. The minimum atomic E-state index is -1.44. The number of aliphatic hydroxyl groups excluding tert-OH is 1. The third-order valence-corrected chi connectivity index (χ3v) is 6.50. The van der Waals surface area contributed by atoms with E-state index in [1.54, 1.807) is 65.0 Å². The summed E-state index contributed by atoms with van der Waals surface area (Å²) < 4.78 is 10.1. The van der Waals surface area contributed by atoms with Gasteiger partial charge in [-0.3, -0.25) is 14.5 Å². The predicted octanol–water partition coefficient (Wildman–Crippen LogP) is 3.04. The van der Waals surface area contributed by atoms with Crippen LogP contribution in [0, 0.1) is 5.92 Å². The molecule has 2 rings (SSSR count). The highest BCUT2D eigenvalue weighted by Gasteiger charge is 2.33. The van der Waals surface area contributed by atoms with Crippen LogP contribution in [0.5, 0.6) is 0 Å². The number of benzene rings is 2. The molecule has 12 nitrogen and oxygen atoms in total. The van der Waals surface area contributed by atoms with Crippen LogP contribution in [0.4, 0.5) is 9.59 Å². The molecule has 2 aromatic rings. The number of alkyl carbamates (subject to hydrolysis) is 1. The van der Waals surface area contributed by atoms with Crippen LogP contribution in [0.3, 0.4) is 0 Å². The second kappa shape index (κ2) is 16.4. The molecule has 0 aliphatic carbocycles. The molecule has 4 atom stereocenters. The summed E-state index contributed by atoms with van der Waals surface area (Å²) in [6, 6.07) is 13.0. The summed E-state index contributed by atoms with van der Waals surface area (Å²) in [5, 5.41) is 19.1. The maximum Gasteiger partial charge on any atom is 0.407 e. The number of nitrogens with zero attached hydrogens (tertiary/aromatic N) is 1. The smallest absolute Gasteiger partial charge is 0.407 e. The van der Waals surface area contributed by atoms with Gasteiger partial charge in [0.15, 0.2) is 0 Å². The quantitative estimate of drug-likeness (QED) is 0.266. The summed E-state index contributed by atoms with van der Waals surface area (Å²) >= 11 is 0. The lowest BCUT2D eigenvalue weighted by Crippen LogP contribution is -2.57. The first-order chi connectivity index (χ1) is 20.6. The third kappa shape index (κ3) is 11.3. The number of hydrogen-bond acceptors (Lipinski definition) is 8. The number of carbonyl (C=O) groups is 5. The standard InChI is InChI=1S/C32H44N4O8/c1-20(2)26(29(40)43-7)35-27(38)21(3)33-30(41)36(28(39)23-16-12-9-13-17-23)19-25(37)24(18-22-14-10-8-11-15-22)34-31(42)44-32(4,5)6/h8-17,20-21,24-26,37H,18-19H2,1-7H3,(H,33,41)(H,34,42)(H,35,38)/t21-,24-,25-,26-/m1/s1. The topological polar surface area (TPSA) is 163 Å². The number of rotatable bonds is 12. The monoisotopic (exact) mass is 612 g/mol. The van der Waals surface area contributed by atoms with Crippen molar-refractivity contribution in [3.05, 3.63) is 71.8 Å². The minimum absolute atomic E-state index is 0.164. The molecule has 0 saturated heterocycles. The number of ether oxygens (including phenoxy) is 2. The van der Waals surface area contributed by atoms with Crippen molar-refractivity contribution in [2.75, 3.05) is 13.7 Å². The van der Waals surface area contributed by atoms with Crippen molar-refractivity contribution in [3.63, 3.8) is 0 Å². The molecule has 0 spiro atoms. The van der Waals surface area contributed by atoms with Crippen LogP contribution >= 0.6 is 0 Å². The highest BCUT2D eigenvalue weighted by molar-refractivity contribution is 6.05. The van der Waals surface area contributed by atoms with E-state index in [0.29, 0.717) is 0 Å². The lowest BCUT2D eigenvalue weighted by molar-refractivity contribution is -0.146. The molecule has 12 heteroatoms. The van der Waals surface area contributed by atoms with Gasteiger partial charge in [0.1, 0.15) is 17.7 Å². The zero-order valence-electron chi connectivity index (χ0n) is 26.3. The summed E-state index contributed by atoms with van der Waals surface area (Å²) in [5.74, 6) is -2.35. The first-order valence-electron chi connectivity index (χ1n) is 14.4. The zero-order chi connectivity index (χ0) is 33.0. The molecule has 240 valence electrons. The average molecular weight is 613 g/mol. The van der Waals surface area contributed by atoms with Gasteiger partial charge in [-0.1, -0.05) is 62.4 Å². The number of amides is 5. The Morgan fingerprint density at radius 2 is 1.43 bits per heavy atom. The van der Waals surface area contributed by atoms with Gasteiger partial charge in [0.25, 0.3) is 5.91 Å². The van der Waals surface area contributed by atoms with E-state index in [0.717, 1.165) is 10.5 Å². The molecule has 2 aromatic carbocycles. The number of carbonyl (C=O) groups excluding carboxylic acids is 5. The first kappa shape index (κ1) is 35.7. The summed E-state index contributed by atoms with van der Waals surface area (Å²) in [4.78, 5) is 65.5. The SMILES string of the molecule is COC(=O)[C@H](NC(=O)[C@@H](C)NC(=O)N(C[C@@H](O)[C@@H](Cc1ccccc1)NC(=O)OC(C)(C)C)C(=O)c1ccccc1)C(C)C.